The van der Waals surface area contributed by atoms with Crippen LogP contribution in [0, 0.1) is 0 Å². The lowest BCUT2D eigenvalue weighted by Crippen LogP contribution is -2.04. The van der Waals surface area contributed by atoms with Crippen LogP contribution in [0.5, 0.6) is 0 Å². The van der Waals surface area contributed by atoms with E-state index in [4.69, 9.17) is 4.74 Å². The Morgan fingerprint density at radius 1 is 1.35 bits per heavy atom. The highest BCUT2D eigenvalue weighted by molar-refractivity contribution is 5.76. The zero-order chi connectivity index (χ0) is 13.5. The lowest BCUT2D eigenvalue weighted by atomic mass is 10.4. The van der Waals surface area contributed by atoms with Crippen molar-refractivity contribution >= 4 is 5.78 Å². The van der Waals surface area contributed by atoms with Gasteiger partial charge in [-0.1, -0.05) is 34.1 Å². The molecular formula is C13H24N2O2. The third kappa shape index (κ3) is 14.7. The second-order valence-corrected chi connectivity index (χ2v) is 3.10. The molecule has 4 heteroatoms. The molecule has 1 rings (SSSR count). The number of hydrogen-bond acceptors (Lipinski definition) is 4. The summed E-state index contributed by atoms with van der Waals surface area (Å²) in [5.41, 5.74) is 0.784. The minimum atomic E-state index is 0.0176. The average Bonchev–Trinajstić information content (AvgIpc) is 2.33. The summed E-state index contributed by atoms with van der Waals surface area (Å²) in [7, 11) is 0. The van der Waals surface area contributed by atoms with Crippen LogP contribution in [0.1, 0.15) is 46.7 Å². The van der Waals surface area contributed by atoms with Gasteiger partial charge in [0.05, 0.1) is 12.3 Å². The third-order valence-corrected chi connectivity index (χ3v) is 1.20. The largest absolute Gasteiger partial charge is 0.367 e. The van der Waals surface area contributed by atoms with Gasteiger partial charge in [0.15, 0.2) is 5.78 Å². The molecule has 1 aromatic rings. The van der Waals surface area contributed by atoms with Crippen molar-refractivity contribution in [1.29, 1.82) is 0 Å². The Morgan fingerprint density at radius 2 is 1.94 bits per heavy atom. The summed E-state index contributed by atoms with van der Waals surface area (Å²) in [6.07, 6.45) is 4.34. The molecule has 1 heterocycles. The first-order valence-corrected chi connectivity index (χ1v) is 6.02. The standard InChI is InChI=1S/C8H10N2O2.C3H8.C2H6/c1-7(11)4-12-5-8-2-3-9-6-10-8;1-3-2;1-2/h2-3,6H,4-5H2,1H3;3H2,1-2H3;1-2H3. The van der Waals surface area contributed by atoms with E-state index in [1.165, 1.54) is 19.7 Å². The monoisotopic (exact) mass is 240 g/mol. The Labute approximate surface area is 104 Å². The molecule has 1 aromatic heterocycles. The minimum Gasteiger partial charge on any atom is -0.367 e. The number of hydrogen-bond donors (Lipinski definition) is 0. The molecule has 0 radical (unpaired) electrons. The van der Waals surface area contributed by atoms with Crippen LogP contribution < -0.4 is 0 Å². The van der Waals surface area contributed by atoms with Crippen molar-refractivity contribution in [2.45, 2.75) is 47.6 Å². The van der Waals surface area contributed by atoms with Gasteiger partial charge in [-0.15, -0.1) is 0 Å². The lowest BCUT2D eigenvalue weighted by molar-refractivity contribution is -0.121. The van der Waals surface area contributed by atoms with E-state index in [1.54, 1.807) is 12.3 Å². The molecule has 0 spiro atoms. The minimum absolute atomic E-state index is 0.0176. The van der Waals surface area contributed by atoms with Crippen LogP contribution in [0.25, 0.3) is 0 Å². The predicted octanol–water partition coefficient (Wildman–Crippen LogP) is 3.02. The van der Waals surface area contributed by atoms with E-state index in [0.717, 1.165) is 5.69 Å². The normalized spacial score (nSPS) is 8.29. The number of carbonyl (C=O) groups is 1. The molecule has 0 fully saturated rings. The highest BCUT2D eigenvalue weighted by atomic mass is 16.5. The zero-order valence-corrected chi connectivity index (χ0v) is 11.6. The Morgan fingerprint density at radius 3 is 2.35 bits per heavy atom. The van der Waals surface area contributed by atoms with Gasteiger partial charge in [-0.3, -0.25) is 4.79 Å². The van der Waals surface area contributed by atoms with Gasteiger partial charge >= 0.3 is 0 Å². The van der Waals surface area contributed by atoms with Crippen molar-refractivity contribution in [3.05, 3.63) is 24.3 Å². The summed E-state index contributed by atoms with van der Waals surface area (Å²) in [6.45, 7) is 10.2. The van der Waals surface area contributed by atoms with E-state index in [1.807, 2.05) is 13.8 Å². The molecule has 4 nitrogen and oxygen atoms in total. The Hall–Kier alpha value is -1.29. The van der Waals surface area contributed by atoms with Crippen molar-refractivity contribution in [3.8, 4) is 0 Å². The summed E-state index contributed by atoms with van der Waals surface area (Å²) in [5.74, 6) is 0.0176. The predicted molar refractivity (Wildman–Crippen MR) is 69.7 cm³/mol. The zero-order valence-electron chi connectivity index (χ0n) is 11.6. The maximum absolute atomic E-state index is 10.5. The van der Waals surface area contributed by atoms with Crippen LogP contribution in [0.3, 0.4) is 0 Å². The molecule has 0 aliphatic carbocycles. The maximum atomic E-state index is 10.5. The van der Waals surface area contributed by atoms with Crippen LogP contribution in [-0.2, 0) is 16.1 Å². The Balaban J connectivity index is 0. The fraction of sp³-hybridized carbons (Fsp3) is 0.615. The van der Waals surface area contributed by atoms with Crippen LogP contribution >= 0.6 is 0 Å². The summed E-state index contributed by atoms with van der Waals surface area (Å²) in [5, 5.41) is 0. The van der Waals surface area contributed by atoms with E-state index in [0.29, 0.717) is 6.61 Å². The van der Waals surface area contributed by atoms with Crippen molar-refractivity contribution in [2.24, 2.45) is 0 Å². The highest BCUT2D eigenvalue weighted by Gasteiger charge is 1.95. The number of aromatic nitrogens is 2. The van der Waals surface area contributed by atoms with Crippen molar-refractivity contribution in [3.63, 3.8) is 0 Å². The molecule has 98 valence electrons. The summed E-state index contributed by atoms with van der Waals surface area (Å²) in [4.78, 5) is 18.2. The number of carbonyl (C=O) groups excluding carboxylic acids is 1. The van der Waals surface area contributed by atoms with Crippen LogP contribution in [0.4, 0.5) is 0 Å². The van der Waals surface area contributed by atoms with Crippen LogP contribution in [-0.4, -0.2) is 22.4 Å². The molecule has 0 unspecified atom stereocenters. The second-order valence-electron chi connectivity index (χ2n) is 3.10. The quantitative estimate of drug-likeness (QED) is 0.811. The van der Waals surface area contributed by atoms with Gasteiger partial charge in [0, 0.05) is 6.20 Å². The molecule has 0 saturated heterocycles. The van der Waals surface area contributed by atoms with Gasteiger partial charge in [0.1, 0.15) is 12.9 Å². The molecule has 0 N–H and O–H groups in total. The number of ether oxygens (including phenoxy) is 1. The van der Waals surface area contributed by atoms with E-state index < -0.39 is 0 Å². The fourth-order valence-corrected chi connectivity index (χ4v) is 0.703. The van der Waals surface area contributed by atoms with E-state index in [-0.39, 0.29) is 12.4 Å². The average molecular weight is 240 g/mol. The SMILES string of the molecule is CC.CC(=O)COCc1ccncn1.CCC. The molecule has 0 aliphatic rings. The third-order valence-electron chi connectivity index (χ3n) is 1.20. The first-order valence-electron chi connectivity index (χ1n) is 6.02. The Bertz CT molecular complexity index is 263. The number of nitrogens with zero attached hydrogens (tertiary/aromatic N) is 2. The lowest BCUT2D eigenvalue weighted by Gasteiger charge is -1.99. The van der Waals surface area contributed by atoms with E-state index in [9.17, 15) is 4.79 Å². The molecule has 0 amide bonds. The molecule has 0 aromatic carbocycles. The maximum Gasteiger partial charge on any atom is 0.155 e. The second kappa shape index (κ2) is 14.7. The van der Waals surface area contributed by atoms with Gasteiger partial charge in [0.2, 0.25) is 0 Å². The van der Waals surface area contributed by atoms with E-state index in [2.05, 4.69) is 23.8 Å². The smallest absolute Gasteiger partial charge is 0.155 e. The summed E-state index contributed by atoms with van der Waals surface area (Å²) < 4.78 is 5.04. The number of Topliss-reactive ketones (excluding diaryl/α,β-unsaturated/α-hetero) is 1. The van der Waals surface area contributed by atoms with Gasteiger partial charge in [-0.2, -0.15) is 0 Å². The first-order chi connectivity index (χ1) is 8.20. The molecular weight excluding hydrogens is 216 g/mol. The molecule has 17 heavy (non-hydrogen) atoms. The molecule has 0 atom stereocenters. The molecule has 0 bridgehead atoms. The first kappa shape index (κ1) is 18.1. The highest BCUT2D eigenvalue weighted by Crippen LogP contribution is 1.93. The van der Waals surface area contributed by atoms with Crippen molar-refractivity contribution in [2.75, 3.05) is 6.61 Å². The number of ketones is 1. The van der Waals surface area contributed by atoms with E-state index >= 15 is 0 Å². The van der Waals surface area contributed by atoms with Gasteiger partial charge in [-0.25, -0.2) is 9.97 Å². The van der Waals surface area contributed by atoms with Gasteiger partial charge in [-0.05, 0) is 13.0 Å². The molecule has 0 saturated carbocycles. The van der Waals surface area contributed by atoms with Crippen LogP contribution in [0.2, 0.25) is 0 Å². The summed E-state index contributed by atoms with van der Waals surface area (Å²) in [6, 6.07) is 1.75. The fourth-order valence-electron chi connectivity index (χ4n) is 0.703. The topological polar surface area (TPSA) is 52.1 Å². The van der Waals surface area contributed by atoms with Gasteiger partial charge in [0.25, 0.3) is 0 Å². The van der Waals surface area contributed by atoms with Crippen LogP contribution in [0.15, 0.2) is 18.6 Å². The van der Waals surface area contributed by atoms with Crippen molar-refractivity contribution < 1.29 is 9.53 Å². The molecule has 0 aliphatic heterocycles. The number of rotatable bonds is 4. The Kier molecular flexibility index (Phi) is 15.6. The summed E-state index contributed by atoms with van der Waals surface area (Å²) >= 11 is 0. The van der Waals surface area contributed by atoms with Gasteiger partial charge < -0.3 is 4.74 Å². The van der Waals surface area contributed by atoms with Crippen molar-refractivity contribution in [1.82, 2.24) is 9.97 Å².